The molecule has 2 aliphatic rings. The van der Waals surface area contributed by atoms with E-state index in [4.69, 9.17) is 18.9 Å². The molecule has 2 heterocycles. The number of aryl methyl sites for hydroxylation is 1. The van der Waals surface area contributed by atoms with E-state index in [1.54, 1.807) is 30.3 Å². The molecule has 1 unspecified atom stereocenters. The Morgan fingerprint density at radius 3 is 2.39 bits per heavy atom. The van der Waals surface area contributed by atoms with Gasteiger partial charge in [-0.25, -0.2) is 4.39 Å². The first-order valence-electron chi connectivity index (χ1n) is 12.0. The fraction of sp³-hybridized carbons (Fsp3) is 0.241. The average molecular weight is 520 g/mol. The van der Waals surface area contributed by atoms with Crippen LogP contribution in [0.1, 0.15) is 29.2 Å². The lowest BCUT2D eigenvalue weighted by Gasteiger charge is -2.26. The van der Waals surface area contributed by atoms with Gasteiger partial charge in [0.15, 0.2) is 11.5 Å². The van der Waals surface area contributed by atoms with Crippen molar-refractivity contribution in [2.45, 2.75) is 18.9 Å². The minimum Gasteiger partial charge on any atom is -0.507 e. The van der Waals surface area contributed by atoms with Crippen LogP contribution in [0.4, 0.5) is 10.1 Å². The number of benzene rings is 3. The molecular formula is C29H26FNO7. The normalized spacial score (nSPS) is 18.1. The zero-order valence-electron chi connectivity index (χ0n) is 21.1. The highest BCUT2D eigenvalue weighted by Crippen LogP contribution is 2.47. The first-order valence-corrected chi connectivity index (χ1v) is 12.0. The molecule has 1 fully saturated rings. The van der Waals surface area contributed by atoms with Crippen molar-refractivity contribution in [3.05, 3.63) is 82.7 Å². The minimum atomic E-state index is -1.11. The number of ether oxygens (including phenoxy) is 4. The quantitative estimate of drug-likeness (QED) is 0.284. The summed E-state index contributed by atoms with van der Waals surface area (Å²) < 4.78 is 36.3. The van der Waals surface area contributed by atoms with E-state index in [1.165, 1.54) is 44.4 Å². The predicted molar refractivity (Wildman–Crippen MR) is 138 cm³/mol. The van der Waals surface area contributed by atoms with E-state index in [0.717, 1.165) is 24.5 Å². The highest BCUT2D eigenvalue weighted by atomic mass is 19.1. The molecule has 0 aliphatic carbocycles. The predicted octanol–water partition coefficient (Wildman–Crippen LogP) is 4.80. The second-order valence-corrected chi connectivity index (χ2v) is 8.88. The molecule has 0 spiro atoms. The van der Waals surface area contributed by atoms with Crippen LogP contribution in [0.15, 0.2) is 60.2 Å². The van der Waals surface area contributed by atoms with Crippen LogP contribution >= 0.6 is 0 Å². The van der Waals surface area contributed by atoms with Crippen molar-refractivity contribution in [2.75, 3.05) is 32.8 Å². The first-order chi connectivity index (χ1) is 18.4. The van der Waals surface area contributed by atoms with Crippen LogP contribution in [0.25, 0.3) is 5.76 Å². The fourth-order valence-electron chi connectivity index (χ4n) is 4.96. The van der Waals surface area contributed by atoms with Crippen LogP contribution in [-0.2, 0) is 16.0 Å². The van der Waals surface area contributed by atoms with E-state index < -0.39 is 23.5 Å². The number of methoxy groups -OCH3 is 3. The summed E-state index contributed by atoms with van der Waals surface area (Å²) in [5.74, 6) is -1.13. The average Bonchev–Trinajstić information content (AvgIpc) is 3.21. The fourth-order valence-corrected chi connectivity index (χ4v) is 4.96. The van der Waals surface area contributed by atoms with E-state index in [9.17, 15) is 19.1 Å². The van der Waals surface area contributed by atoms with Crippen molar-refractivity contribution in [2.24, 2.45) is 0 Å². The number of aliphatic hydroxyl groups excluding tert-OH is 1. The van der Waals surface area contributed by atoms with Gasteiger partial charge in [0.05, 0.1) is 39.6 Å². The van der Waals surface area contributed by atoms with E-state index in [0.29, 0.717) is 29.2 Å². The van der Waals surface area contributed by atoms with Crippen molar-refractivity contribution in [1.82, 2.24) is 0 Å². The minimum absolute atomic E-state index is 0.148. The monoisotopic (exact) mass is 519 g/mol. The lowest BCUT2D eigenvalue weighted by molar-refractivity contribution is -0.132. The molecule has 0 bridgehead atoms. The van der Waals surface area contributed by atoms with Crippen LogP contribution in [-0.4, -0.2) is 44.7 Å². The van der Waals surface area contributed by atoms with Gasteiger partial charge in [-0.05, 0) is 72.5 Å². The molecule has 2 aliphatic heterocycles. The van der Waals surface area contributed by atoms with Gasteiger partial charge in [-0.15, -0.1) is 0 Å². The number of ketones is 1. The summed E-state index contributed by atoms with van der Waals surface area (Å²) in [5, 5.41) is 11.5. The first kappa shape index (κ1) is 25.1. The van der Waals surface area contributed by atoms with Gasteiger partial charge in [-0.3, -0.25) is 14.5 Å². The summed E-state index contributed by atoms with van der Waals surface area (Å²) in [6.45, 7) is 0.609. The molecule has 1 amide bonds. The highest BCUT2D eigenvalue weighted by molar-refractivity contribution is 6.51. The standard InChI is InChI=1S/C29H26FNO7/c1-35-22-13-18(14-23(36-2)28(22)37-3)25-24(26(32)17-9-10-21-16(12-17)6-5-11-38-21)27(33)29(34)31(25)20-8-4-7-19(30)15-20/h4,7-10,12-15,25,32H,5-6,11H2,1-3H3/b26-24+. The maximum Gasteiger partial charge on any atom is 0.300 e. The van der Waals surface area contributed by atoms with Gasteiger partial charge in [-0.2, -0.15) is 0 Å². The van der Waals surface area contributed by atoms with Crippen molar-refractivity contribution in [3.8, 4) is 23.0 Å². The number of hydrogen-bond donors (Lipinski definition) is 1. The Kier molecular flexibility index (Phi) is 6.67. The molecule has 1 atom stereocenters. The number of hydrogen-bond acceptors (Lipinski definition) is 7. The van der Waals surface area contributed by atoms with E-state index in [1.807, 2.05) is 0 Å². The molecule has 196 valence electrons. The Morgan fingerprint density at radius 1 is 1.00 bits per heavy atom. The summed E-state index contributed by atoms with van der Waals surface area (Å²) >= 11 is 0. The molecular weight excluding hydrogens is 493 g/mol. The zero-order chi connectivity index (χ0) is 27.0. The number of aliphatic hydroxyl groups is 1. The number of nitrogens with zero attached hydrogens (tertiary/aromatic N) is 1. The van der Waals surface area contributed by atoms with Gasteiger partial charge < -0.3 is 24.1 Å². The number of Topliss-reactive ketones (excluding diaryl/α,β-unsaturated/α-hetero) is 1. The molecule has 0 radical (unpaired) electrons. The lowest BCUT2D eigenvalue weighted by atomic mass is 9.93. The second-order valence-electron chi connectivity index (χ2n) is 8.88. The maximum absolute atomic E-state index is 14.2. The van der Waals surface area contributed by atoms with E-state index in [2.05, 4.69) is 0 Å². The molecule has 0 saturated carbocycles. The SMILES string of the molecule is COc1cc(C2/C(=C(\O)c3ccc4c(c3)CCCO4)C(=O)C(=O)N2c2cccc(F)c2)cc(OC)c1OC. The summed E-state index contributed by atoms with van der Waals surface area (Å²) in [6.07, 6.45) is 1.58. The third-order valence-electron chi connectivity index (χ3n) is 6.72. The summed E-state index contributed by atoms with van der Waals surface area (Å²) in [5.41, 5.74) is 1.66. The van der Waals surface area contributed by atoms with Crippen LogP contribution < -0.4 is 23.8 Å². The Balaban J connectivity index is 1.75. The van der Waals surface area contributed by atoms with Crippen molar-refractivity contribution in [3.63, 3.8) is 0 Å². The molecule has 5 rings (SSSR count). The van der Waals surface area contributed by atoms with Gasteiger partial charge in [-0.1, -0.05) is 6.07 Å². The summed E-state index contributed by atoms with van der Waals surface area (Å²) in [4.78, 5) is 28.1. The largest absolute Gasteiger partial charge is 0.507 e. The van der Waals surface area contributed by atoms with E-state index >= 15 is 0 Å². The molecule has 3 aromatic rings. The van der Waals surface area contributed by atoms with Crippen molar-refractivity contribution < 1.29 is 38.0 Å². The maximum atomic E-state index is 14.2. The number of rotatable bonds is 6. The Bertz CT molecular complexity index is 1440. The number of carbonyl (C=O) groups excluding carboxylic acids is 2. The number of fused-ring (bicyclic) bond motifs is 1. The van der Waals surface area contributed by atoms with Gasteiger partial charge >= 0.3 is 0 Å². The van der Waals surface area contributed by atoms with E-state index in [-0.39, 0.29) is 28.5 Å². The van der Waals surface area contributed by atoms with Crippen LogP contribution in [0, 0.1) is 5.82 Å². The van der Waals surface area contributed by atoms with Crippen LogP contribution in [0.3, 0.4) is 0 Å². The molecule has 8 nitrogen and oxygen atoms in total. The van der Waals surface area contributed by atoms with Crippen LogP contribution in [0.5, 0.6) is 23.0 Å². The van der Waals surface area contributed by atoms with Gasteiger partial charge in [0.1, 0.15) is 17.3 Å². The zero-order valence-corrected chi connectivity index (χ0v) is 21.1. The molecule has 38 heavy (non-hydrogen) atoms. The molecule has 1 saturated heterocycles. The lowest BCUT2D eigenvalue weighted by Crippen LogP contribution is -2.29. The number of anilines is 1. The molecule has 1 N–H and O–H groups in total. The van der Waals surface area contributed by atoms with Crippen molar-refractivity contribution in [1.29, 1.82) is 0 Å². The Labute approximate surface area is 218 Å². The third kappa shape index (κ3) is 4.19. The third-order valence-corrected chi connectivity index (χ3v) is 6.72. The van der Waals surface area contributed by atoms with Crippen molar-refractivity contribution >= 4 is 23.1 Å². The van der Waals surface area contributed by atoms with Gasteiger partial charge in [0.25, 0.3) is 11.7 Å². The van der Waals surface area contributed by atoms with Gasteiger partial charge in [0.2, 0.25) is 5.75 Å². The molecule has 9 heteroatoms. The molecule has 3 aromatic carbocycles. The summed E-state index contributed by atoms with van der Waals surface area (Å²) in [6, 6.07) is 12.6. The number of halogens is 1. The Morgan fingerprint density at radius 2 is 1.74 bits per heavy atom. The Hall–Kier alpha value is -4.53. The second kappa shape index (κ2) is 10.1. The van der Waals surface area contributed by atoms with Crippen LogP contribution in [0.2, 0.25) is 0 Å². The van der Waals surface area contributed by atoms with Gasteiger partial charge in [0, 0.05) is 11.3 Å². The smallest absolute Gasteiger partial charge is 0.300 e. The molecule has 0 aromatic heterocycles. The highest BCUT2D eigenvalue weighted by Gasteiger charge is 2.47. The topological polar surface area (TPSA) is 94.5 Å². The summed E-state index contributed by atoms with van der Waals surface area (Å²) in [7, 11) is 4.35. The number of amides is 1. The number of carbonyl (C=O) groups is 2.